The molecule has 0 radical (unpaired) electrons. The van der Waals surface area contributed by atoms with Crippen LogP contribution in [0.2, 0.25) is 0 Å². The molecular weight excluding hydrogens is 410 g/mol. The zero-order chi connectivity index (χ0) is 22.3. The molecule has 6 nitrogen and oxygen atoms in total. The van der Waals surface area contributed by atoms with E-state index in [1.54, 1.807) is 13.8 Å². The van der Waals surface area contributed by atoms with Crippen LogP contribution < -0.4 is 9.46 Å². The number of benzene rings is 1. The van der Waals surface area contributed by atoms with Crippen LogP contribution in [0.5, 0.6) is 5.75 Å². The Bertz CT molecular complexity index is 938. The Morgan fingerprint density at radius 3 is 2.71 bits per heavy atom. The van der Waals surface area contributed by atoms with Crippen molar-refractivity contribution in [2.75, 3.05) is 26.2 Å². The molecule has 1 aliphatic rings. The van der Waals surface area contributed by atoms with Gasteiger partial charge in [0.2, 0.25) is 10.0 Å². The third kappa shape index (κ3) is 6.89. The summed E-state index contributed by atoms with van der Waals surface area (Å²) in [6.07, 6.45) is 8.23. The molecule has 0 spiro atoms. The number of hydrogen-bond donors (Lipinski definition) is 1. The summed E-state index contributed by atoms with van der Waals surface area (Å²) in [5.41, 5.74) is 2.27. The molecular formula is C24H37N3O3S. The first-order valence-corrected chi connectivity index (χ1v) is 13.2. The molecule has 0 bridgehead atoms. The fourth-order valence-corrected chi connectivity index (χ4v) is 4.71. The van der Waals surface area contributed by atoms with Crippen LogP contribution in [0.3, 0.4) is 0 Å². The van der Waals surface area contributed by atoms with E-state index in [0.29, 0.717) is 6.54 Å². The van der Waals surface area contributed by atoms with Crippen molar-refractivity contribution in [3.63, 3.8) is 0 Å². The number of nitrogens with one attached hydrogen (secondary N) is 1. The average molecular weight is 448 g/mol. The zero-order valence-corrected chi connectivity index (χ0v) is 20.0. The largest absolute Gasteiger partial charge is 0.488 e. The minimum absolute atomic E-state index is 0.197. The zero-order valence-electron chi connectivity index (χ0n) is 19.1. The molecule has 0 unspecified atom stereocenters. The van der Waals surface area contributed by atoms with Crippen LogP contribution in [-0.2, 0) is 16.4 Å². The third-order valence-corrected chi connectivity index (χ3v) is 7.80. The van der Waals surface area contributed by atoms with Gasteiger partial charge in [-0.2, -0.15) is 0 Å². The number of unbranched alkanes of at least 4 members (excludes halogenated alkanes) is 1. The smallest absolute Gasteiger partial charge is 0.213 e. The van der Waals surface area contributed by atoms with E-state index in [0.717, 1.165) is 62.0 Å². The number of nitrogens with zero attached hydrogens (tertiary/aromatic N) is 2. The molecule has 1 N–H and O–H groups in total. The van der Waals surface area contributed by atoms with Gasteiger partial charge in [0.25, 0.3) is 0 Å². The minimum atomic E-state index is -3.17. The Kier molecular flexibility index (Phi) is 8.69. The second-order valence-electron chi connectivity index (χ2n) is 8.77. The van der Waals surface area contributed by atoms with E-state index in [1.165, 1.54) is 18.4 Å². The lowest BCUT2D eigenvalue weighted by Gasteiger charge is -2.32. The summed E-state index contributed by atoms with van der Waals surface area (Å²) in [7, 11) is -3.17. The molecule has 3 rings (SSSR count). The van der Waals surface area contributed by atoms with Crippen LogP contribution in [0.4, 0.5) is 0 Å². The number of rotatable bonds is 11. The van der Waals surface area contributed by atoms with Crippen molar-refractivity contribution in [2.24, 2.45) is 0 Å². The van der Waals surface area contributed by atoms with Crippen LogP contribution in [0.15, 0.2) is 30.5 Å². The molecule has 1 saturated heterocycles. The molecule has 7 heteroatoms. The van der Waals surface area contributed by atoms with Crippen LogP contribution in [-0.4, -0.2) is 55.8 Å². The highest BCUT2D eigenvalue weighted by atomic mass is 32.2. The first kappa shape index (κ1) is 24.0. The Morgan fingerprint density at radius 2 is 2.00 bits per heavy atom. The first-order valence-electron chi connectivity index (χ1n) is 11.6. The van der Waals surface area contributed by atoms with Crippen molar-refractivity contribution in [1.82, 2.24) is 14.6 Å². The second-order valence-corrected chi connectivity index (χ2v) is 11.1. The van der Waals surface area contributed by atoms with Crippen LogP contribution in [0, 0.1) is 0 Å². The van der Waals surface area contributed by atoms with Gasteiger partial charge in [-0.15, -0.1) is 0 Å². The predicted molar refractivity (Wildman–Crippen MR) is 127 cm³/mol. The van der Waals surface area contributed by atoms with Gasteiger partial charge in [-0.25, -0.2) is 13.1 Å². The predicted octanol–water partition coefficient (Wildman–Crippen LogP) is 4.14. The lowest BCUT2D eigenvalue weighted by molar-refractivity contribution is 0.101. The number of ether oxygens (including phenoxy) is 1. The normalized spacial score (nSPS) is 16.3. The Labute approximate surface area is 187 Å². The van der Waals surface area contributed by atoms with Crippen molar-refractivity contribution in [3.05, 3.63) is 36.0 Å². The van der Waals surface area contributed by atoms with Gasteiger partial charge in [0, 0.05) is 31.2 Å². The second kappa shape index (κ2) is 11.2. The summed E-state index contributed by atoms with van der Waals surface area (Å²) in [6, 6.07) is 8.51. The minimum Gasteiger partial charge on any atom is -0.488 e. The summed E-state index contributed by atoms with van der Waals surface area (Å²) >= 11 is 0. The van der Waals surface area contributed by atoms with E-state index in [1.807, 2.05) is 12.3 Å². The van der Waals surface area contributed by atoms with Crippen molar-refractivity contribution in [1.29, 1.82) is 0 Å². The summed E-state index contributed by atoms with van der Waals surface area (Å²) in [5.74, 6) is 0.908. The number of sulfonamides is 1. The maximum atomic E-state index is 11.8. The van der Waals surface area contributed by atoms with Crippen molar-refractivity contribution < 1.29 is 13.2 Å². The molecule has 0 saturated carbocycles. The topological polar surface area (TPSA) is 71.5 Å². The number of hydrogen-bond acceptors (Lipinski definition) is 5. The molecule has 1 aliphatic heterocycles. The molecule has 1 aromatic carbocycles. The van der Waals surface area contributed by atoms with E-state index < -0.39 is 10.0 Å². The van der Waals surface area contributed by atoms with Crippen LogP contribution >= 0.6 is 0 Å². The highest BCUT2D eigenvalue weighted by molar-refractivity contribution is 7.90. The fourth-order valence-electron chi connectivity index (χ4n) is 3.95. The Hall–Kier alpha value is -1.70. The monoisotopic (exact) mass is 447 g/mol. The van der Waals surface area contributed by atoms with Gasteiger partial charge in [0.05, 0.1) is 5.25 Å². The molecule has 31 heavy (non-hydrogen) atoms. The SMILES string of the molecule is CCCCc1cc(OC2CCN(CCCNS(=O)(=O)C(C)C)CC2)c2ncccc2c1. The Balaban J connectivity index is 1.51. The number of aromatic nitrogens is 1. The van der Waals surface area contributed by atoms with Gasteiger partial charge in [-0.05, 0) is 76.3 Å². The number of pyridine rings is 1. The summed E-state index contributed by atoms with van der Waals surface area (Å²) in [4.78, 5) is 6.97. The van der Waals surface area contributed by atoms with E-state index in [4.69, 9.17) is 4.74 Å². The molecule has 172 valence electrons. The van der Waals surface area contributed by atoms with Crippen LogP contribution in [0.25, 0.3) is 10.9 Å². The molecule has 0 atom stereocenters. The third-order valence-electron chi connectivity index (χ3n) is 5.95. The van der Waals surface area contributed by atoms with Crippen molar-refractivity contribution in [3.8, 4) is 5.75 Å². The maximum Gasteiger partial charge on any atom is 0.213 e. The van der Waals surface area contributed by atoms with Gasteiger partial charge in [0.1, 0.15) is 17.4 Å². The van der Waals surface area contributed by atoms with E-state index >= 15 is 0 Å². The van der Waals surface area contributed by atoms with Crippen molar-refractivity contribution in [2.45, 2.75) is 70.7 Å². The number of piperidine rings is 1. The van der Waals surface area contributed by atoms with E-state index in [9.17, 15) is 8.42 Å². The summed E-state index contributed by atoms with van der Waals surface area (Å²) < 4.78 is 32.8. The summed E-state index contributed by atoms with van der Waals surface area (Å²) in [5, 5.41) is 0.763. The molecule has 1 fully saturated rings. The fraction of sp³-hybridized carbons (Fsp3) is 0.625. The molecule has 0 amide bonds. The maximum absolute atomic E-state index is 11.8. The summed E-state index contributed by atoms with van der Waals surface area (Å²) in [6.45, 7) is 8.97. The number of aryl methyl sites for hydroxylation is 1. The number of fused-ring (bicyclic) bond motifs is 1. The quantitative estimate of drug-likeness (QED) is 0.524. The lowest BCUT2D eigenvalue weighted by Crippen LogP contribution is -2.40. The molecule has 0 aliphatic carbocycles. The van der Waals surface area contributed by atoms with E-state index in [2.05, 4.69) is 39.7 Å². The number of likely N-dealkylation sites (tertiary alicyclic amines) is 1. The molecule has 2 aromatic rings. The van der Waals surface area contributed by atoms with E-state index in [-0.39, 0.29) is 11.4 Å². The highest BCUT2D eigenvalue weighted by Gasteiger charge is 2.22. The van der Waals surface area contributed by atoms with Crippen LogP contribution in [0.1, 0.15) is 58.4 Å². The molecule has 2 heterocycles. The lowest BCUT2D eigenvalue weighted by atomic mass is 10.0. The Morgan fingerprint density at radius 1 is 1.23 bits per heavy atom. The van der Waals surface area contributed by atoms with Gasteiger partial charge < -0.3 is 9.64 Å². The first-order chi connectivity index (χ1) is 14.9. The molecule has 1 aromatic heterocycles. The highest BCUT2D eigenvalue weighted by Crippen LogP contribution is 2.29. The van der Waals surface area contributed by atoms with Gasteiger partial charge >= 0.3 is 0 Å². The van der Waals surface area contributed by atoms with Gasteiger partial charge in [0.15, 0.2) is 0 Å². The van der Waals surface area contributed by atoms with Gasteiger partial charge in [-0.1, -0.05) is 19.4 Å². The van der Waals surface area contributed by atoms with Gasteiger partial charge in [-0.3, -0.25) is 4.98 Å². The van der Waals surface area contributed by atoms with Crippen molar-refractivity contribution >= 4 is 20.9 Å². The average Bonchev–Trinajstić information content (AvgIpc) is 2.76. The standard InChI is InChI=1S/C24H37N3O3S/c1-4-5-8-20-17-21-9-6-12-25-24(21)23(18-20)30-22-10-15-27(16-11-22)14-7-13-26-31(28,29)19(2)3/h6,9,12,17-19,22,26H,4-5,7-8,10-11,13-16H2,1-3H3.